The van der Waals surface area contributed by atoms with Crippen LogP contribution in [0.4, 0.5) is 4.79 Å². The van der Waals surface area contributed by atoms with Crippen molar-refractivity contribution >= 4 is 12.1 Å². The number of phenolic OH excluding ortho intramolecular Hbond substituents is 1. The lowest BCUT2D eigenvalue weighted by Gasteiger charge is -2.22. The Morgan fingerprint density at radius 3 is 2.32 bits per heavy atom. The van der Waals surface area contributed by atoms with Gasteiger partial charge < -0.3 is 20.3 Å². The summed E-state index contributed by atoms with van der Waals surface area (Å²) in [6.45, 7) is 5.15. The molecule has 0 bridgehead atoms. The molecule has 6 nitrogen and oxygen atoms in total. The Morgan fingerprint density at radius 2 is 1.82 bits per heavy atom. The number of aromatic hydroxyl groups is 1. The van der Waals surface area contributed by atoms with Gasteiger partial charge in [0.15, 0.2) is 0 Å². The van der Waals surface area contributed by atoms with Crippen LogP contribution in [0, 0.1) is 0 Å². The smallest absolute Gasteiger partial charge is 0.408 e. The molecule has 1 amide bonds. The van der Waals surface area contributed by atoms with Crippen LogP contribution in [0.15, 0.2) is 24.3 Å². The number of nitrogens with one attached hydrogen (secondary N) is 1. The van der Waals surface area contributed by atoms with Gasteiger partial charge >= 0.3 is 12.1 Å². The molecule has 122 valence electrons. The molecule has 0 saturated heterocycles. The minimum atomic E-state index is -1.09. The van der Waals surface area contributed by atoms with E-state index in [0.29, 0.717) is 19.3 Å². The highest BCUT2D eigenvalue weighted by Crippen LogP contribution is 2.13. The Morgan fingerprint density at radius 1 is 1.23 bits per heavy atom. The number of amides is 1. The summed E-state index contributed by atoms with van der Waals surface area (Å²) < 4.78 is 5.05. The first-order chi connectivity index (χ1) is 10.2. The lowest BCUT2D eigenvalue weighted by Crippen LogP contribution is -2.43. The Hall–Kier alpha value is -2.24. The molecule has 6 heteroatoms. The number of phenols is 1. The number of carbonyl (C=O) groups excluding carboxylic acids is 1. The van der Waals surface area contributed by atoms with E-state index in [1.807, 2.05) is 0 Å². The Kier molecular flexibility index (Phi) is 6.22. The number of carboxylic acid groups (broad SMARTS) is 1. The molecule has 1 atom stereocenters. The number of rotatable bonds is 6. The third-order valence-electron chi connectivity index (χ3n) is 2.88. The molecular weight excluding hydrogens is 286 g/mol. The average molecular weight is 309 g/mol. The summed E-state index contributed by atoms with van der Waals surface area (Å²) in [5, 5.41) is 20.7. The van der Waals surface area contributed by atoms with Gasteiger partial charge in [-0.3, -0.25) is 0 Å². The van der Waals surface area contributed by atoms with Gasteiger partial charge in [0.1, 0.15) is 17.4 Å². The van der Waals surface area contributed by atoms with E-state index >= 15 is 0 Å². The number of hydrogen-bond donors (Lipinski definition) is 3. The number of aliphatic carboxylic acids is 1. The highest BCUT2D eigenvalue weighted by Gasteiger charge is 2.23. The maximum absolute atomic E-state index is 11.6. The van der Waals surface area contributed by atoms with Gasteiger partial charge in [0.2, 0.25) is 0 Å². The van der Waals surface area contributed by atoms with Crippen molar-refractivity contribution in [1.29, 1.82) is 0 Å². The summed E-state index contributed by atoms with van der Waals surface area (Å²) in [7, 11) is 0. The molecule has 1 aromatic rings. The maximum Gasteiger partial charge on any atom is 0.408 e. The van der Waals surface area contributed by atoms with Crippen LogP contribution in [0.2, 0.25) is 0 Å². The first-order valence-electron chi connectivity index (χ1n) is 7.17. The second-order valence-electron chi connectivity index (χ2n) is 6.10. The molecule has 0 aliphatic heterocycles. The monoisotopic (exact) mass is 309 g/mol. The molecule has 0 heterocycles. The third-order valence-corrected chi connectivity index (χ3v) is 2.88. The third kappa shape index (κ3) is 6.97. The van der Waals surface area contributed by atoms with Gasteiger partial charge in [0.25, 0.3) is 0 Å². The van der Waals surface area contributed by atoms with Crippen molar-refractivity contribution in [2.45, 2.75) is 51.7 Å². The molecule has 0 aliphatic rings. The fraction of sp³-hybridized carbons (Fsp3) is 0.500. The zero-order chi connectivity index (χ0) is 16.8. The average Bonchev–Trinajstić information content (AvgIpc) is 2.37. The highest BCUT2D eigenvalue weighted by molar-refractivity contribution is 5.79. The molecule has 0 saturated carbocycles. The number of ether oxygens (including phenoxy) is 1. The van der Waals surface area contributed by atoms with Gasteiger partial charge in [-0.25, -0.2) is 9.59 Å². The zero-order valence-corrected chi connectivity index (χ0v) is 13.1. The highest BCUT2D eigenvalue weighted by atomic mass is 16.6. The van der Waals surface area contributed by atoms with Crippen LogP contribution < -0.4 is 5.32 Å². The van der Waals surface area contributed by atoms with E-state index in [0.717, 1.165) is 5.56 Å². The van der Waals surface area contributed by atoms with E-state index in [-0.39, 0.29) is 5.75 Å². The van der Waals surface area contributed by atoms with Crippen LogP contribution in [0.1, 0.15) is 39.2 Å². The molecule has 0 spiro atoms. The molecule has 22 heavy (non-hydrogen) atoms. The lowest BCUT2D eigenvalue weighted by molar-refractivity contribution is -0.139. The molecule has 1 unspecified atom stereocenters. The van der Waals surface area contributed by atoms with Gasteiger partial charge in [0, 0.05) is 0 Å². The van der Waals surface area contributed by atoms with Crippen molar-refractivity contribution in [3.63, 3.8) is 0 Å². The first-order valence-corrected chi connectivity index (χ1v) is 7.17. The van der Waals surface area contributed by atoms with E-state index in [4.69, 9.17) is 9.84 Å². The number of alkyl carbamates (subject to hydrolysis) is 1. The Balaban J connectivity index is 2.46. The van der Waals surface area contributed by atoms with Crippen LogP contribution in [0.25, 0.3) is 0 Å². The van der Waals surface area contributed by atoms with E-state index in [9.17, 15) is 14.7 Å². The van der Waals surface area contributed by atoms with Gasteiger partial charge in [-0.15, -0.1) is 0 Å². The lowest BCUT2D eigenvalue weighted by atomic mass is 10.0. The number of hydrogen-bond acceptors (Lipinski definition) is 4. The largest absolute Gasteiger partial charge is 0.508 e. The van der Waals surface area contributed by atoms with Crippen LogP contribution in [0.5, 0.6) is 5.75 Å². The normalized spacial score (nSPS) is 12.5. The van der Waals surface area contributed by atoms with E-state index in [1.165, 1.54) is 0 Å². The Labute approximate surface area is 130 Å². The van der Waals surface area contributed by atoms with E-state index in [2.05, 4.69) is 5.32 Å². The molecule has 3 N–H and O–H groups in total. The molecule has 0 aliphatic carbocycles. The minimum absolute atomic E-state index is 0.193. The SMILES string of the molecule is CC(C)(C)OC(=O)NC(CCCc1ccc(O)cc1)C(=O)O. The van der Waals surface area contributed by atoms with Gasteiger partial charge in [-0.05, 0) is 57.7 Å². The van der Waals surface area contributed by atoms with Crippen molar-refractivity contribution in [2.24, 2.45) is 0 Å². The fourth-order valence-electron chi connectivity index (χ4n) is 1.88. The van der Waals surface area contributed by atoms with Crippen LogP contribution in [-0.2, 0) is 16.0 Å². The summed E-state index contributed by atoms with van der Waals surface area (Å²) in [4.78, 5) is 22.8. The standard InChI is InChI=1S/C16H23NO5/c1-16(2,3)22-15(21)17-13(14(19)20)6-4-5-11-7-9-12(18)10-8-11/h7-10,13,18H,4-6H2,1-3H3,(H,17,21)(H,19,20). The second kappa shape index (κ2) is 7.68. The molecular formula is C16H23NO5. The topological polar surface area (TPSA) is 95.9 Å². The van der Waals surface area contributed by atoms with Crippen LogP contribution in [-0.4, -0.2) is 33.9 Å². The van der Waals surface area contributed by atoms with Crippen molar-refractivity contribution in [2.75, 3.05) is 0 Å². The molecule has 0 radical (unpaired) electrons. The van der Waals surface area contributed by atoms with Crippen molar-refractivity contribution in [3.05, 3.63) is 29.8 Å². The molecule has 1 aromatic carbocycles. The summed E-state index contributed by atoms with van der Waals surface area (Å²) in [5.74, 6) is -0.893. The summed E-state index contributed by atoms with van der Waals surface area (Å²) in [6.07, 6.45) is 0.831. The fourth-order valence-corrected chi connectivity index (χ4v) is 1.88. The minimum Gasteiger partial charge on any atom is -0.508 e. The van der Waals surface area contributed by atoms with Crippen molar-refractivity contribution in [3.8, 4) is 5.75 Å². The summed E-state index contributed by atoms with van der Waals surface area (Å²) in [5.41, 5.74) is 0.332. The number of carboxylic acids is 1. The van der Waals surface area contributed by atoms with E-state index < -0.39 is 23.7 Å². The first kappa shape index (κ1) is 17.8. The Bertz CT molecular complexity index is 504. The van der Waals surface area contributed by atoms with Gasteiger partial charge in [-0.1, -0.05) is 12.1 Å². The van der Waals surface area contributed by atoms with Crippen molar-refractivity contribution < 1.29 is 24.5 Å². The number of aryl methyl sites for hydroxylation is 1. The molecule has 0 aromatic heterocycles. The predicted octanol–water partition coefficient (Wildman–Crippen LogP) is 2.69. The van der Waals surface area contributed by atoms with Crippen molar-refractivity contribution in [1.82, 2.24) is 5.32 Å². The zero-order valence-electron chi connectivity index (χ0n) is 13.1. The molecule has 0 fully saturated rings. The quantitative estimate of drug-likeness (QED) is 0.751. The number of carbonyl (C=O) groups is 2. The van der Waals surface area contributed by atoms with Crippen LogP contribution >= 0.6 is 0 Å². The number of benzene rings is 1. The second-order valence-corrected chi connectivity index (χ2v) is 6.10. The van der Waals surface area contributed by atoms with Gasteiger partial charge in [-0.2, -0.15) is 0 Å². The van der Waals surface area contributed by atoms with E-state index in [1.54, 1.807) is 45.0 Å². The van der Waals surface area contributed by atoms with Gasteiger partial charge in [0.05, 0.1) is 0 Å². The van der Waals surface area contributed by atoms with Crippen LogP contribution in [0.3, 0.4) is 0 Å². The summed E-state index contributed by atoms with van der Waals surface area (Å²) in [6, 6.07) is 5.76. The summed E-state index contributed by atoms with van der Waals surface area (Å²) >= 11 is 0. The molecule has 1 rings (SSSR count). The predicted molar refractivity (Wildman–Crippen MR) is 81.8 cm³/mol. The maximum atomic E-state index is 11.6.